The second kappa shape index (κ2) is 7.72. The van der Waals surface area contributed by atoms with Crippen molar-refractivity contribution in [3.8, 4) is 0 Å². The largest absolute Gasteiger partial charge is 0.351 e. The fourth-order valence-electron chi connectivity index (χ4n) is 2.46. The molecule has 0 bridgehead atoms. The lowest BCUT2D eigenvalue weighted by Gasteiger charge is -2.33. The van der Waals surface area contributed by atoms with E-state index in [9.17, 15) is 0 Å². The van der Waals surface area contributed by atoms with Gasteiger partial charge < -0.3 is 10.2 Å². The van der Waals surface area contributed by atoms with Gasteiger partial charge >= 0.3 is 0 Å². The Kier molecular flexibility index (Phi) is 6.60. The van der Waals surface area contributed by atoms with Gasteiger partial charge in [-0.25, -0.2) is 0 Å². The number of likely N-dealkylation sites (tertiary alicyclic amines) is 1. The number of hydrogen-bond donors (Lipinski definition) is 1. The third-order valence-electron chi connectivity index (χ3n) is 3.52. The van der Waals surface area contributed by atoms with Crippen LogP contribution in [0.2, 0.25) is 0 Å². The summed E-state index contributed by atoms with van der Waals surface area (Å²) in [7, 11) is 3.81. The molecule has 0 spiro atoms. The van der Waals surface area contributed by atoms with E-state index in [0.717, 1.165) is 31.5 Å². The monoisotopic (exact) mass is 377 g/mol. The maximum atomic E-state index is 4.38. The van der Waals surface area contributed by atoms with Crippen molar-refractivity contribution in [2.75, 3.05) is 20.1 Å². The van der Waals surface area contributed by atoms with Crippen LogP contribution in [0.5, 0.6) is 0 Å². The maximum absolute atomic E-state index is 4.38. The smallest absolute Gasteiger partial charge is 0.193 e. The lowest BCUT2D eigenvalue weighted by atomic mass is 10.0. The molecule has 1 aliphatic heterocycles. The average molecular weight is 377 g/mol. The molecule has 2 rings (SSSR count). The van der Waals surface area contributed by atoms with Gasteiger partial charge in [-0.2, -0.15) is 5.10 Å². The van der Waals surface area contributed by atoms with Gasteiger partial charge in [-0.3, -0.25) is 9.67 Å². The number of nitrogens with one attached hydrogen (secondary N) is 1. The van der Waals surface area contributed by atoms with E-state index in [0.29, 0.717) is 0 Å². The van der Waals surface area contributed by atoms with Crippen LogP contribution in [0.15, 0.2) is 17.3 Å². The number of piperidine rings is 1. The molecule has 108 valence electrons. The Bertz CT molecular complexity index is 415. The van der Waals surface area contributed by atoms with E-state index < -0.39 is 0 Å². The van der Waals surface area contributed by atoms with E-state index in [1.807, 2.05) is 31.0 Å². The highest BCUT2D eigenvalue weighted by Gasteiger charge is 2.19. The number of aromatic nitrogens is 2. The minimum atomic E-state index is 0. The predicted octanol–water partition coefficient (Wildman–Crippen LogP) is 1.85. The average Bonchev–Trinajstić information content (AvgIpc) is 2.76. The SMILES string of the molecule is CN=C(NCc1ccnn1C)N1CCCC(C)C1.I. The summed E-state index contributed by atoms with van der Waals surface area (Å²) in [5.74, 6) is 1.76. The molecule has 1 saturated heterocycles. The van der Waals surface area contributed by atoms with Gasteiger partial charge in [-0.05, 0) is 24.8 Å². The van der Waals surface area contributed by atoms with Gasteiger partial charge in [0.15, 0.2) is 5.96 Å². The van der Waals surface area contributed by atoms with Gasteiger partial charge in [-0.15, -0.1) is 24.0 Å². The number of aryl methyl sites for hydroxylation is 1. The van der Waals surface area contributed by atoms with Crippen LogP contribution in [0.1, 0.15) is 25.5 Å². The molecule has 0 radical (unpaired) electrons. The number of rotatable bonds is 2. The lowest BCUT2D eigenvalue weighted by molar-refractivity contribution is 0.265. The molecule has 2 heterocycles. The van der Waals surface area contributed by atoms with Gasteiger partial charge in [0.2, 0.25) is 0 Å². The first kappa shape index (κ1) is 16.3. The second-order valence-corrected chi connectivity index (χ2v) is 5.04. The zero-order chi connectivity index (χ0) is 13.0. The minimum absolute atomic E-state index is 0. The predicted molar refractivity (Wildman–Crippen MR) is 88.8 cm³/mol. The third kappa shape index (κ3) is 4.36. The fraction of sp³-hybridized carbons (Fsp3) is 0.692. The van der Waals surface area contributed by atoms with Crippen molar-refractivity contribution in [3.05, 3.63) is 18.0 Å². The minimum Gasteiger partial charge on any atom is -0.351 e. The first-order chi connectivity index (χ1) is 8.70. The molecule has 5 nitrogen and oxygen atoms in total. The second-order valence-electron chi connectivity index (χ2n) is 5.04. The van der Waals surface area contributed by atoms with Crippen molar-refractivity contribution in [2.24, 2.45) is 18.0 Å². The molecule has 6 heteroatoms. The van der Waals surface area contributed by atoms with Gasteiger partial charge in [0.25, 0.3) is 0 Å². The fourth-order valence-corrected chi connectivity index (χ4v) is 2.46. The molecule has 1 unspecified atom stereocenters. The van der Waals surface area contributed by atoms with Crippen molar-refractivity contribution in [1.82, 2.24) is 20.0 Å². The van der Waals surface area contributed by atoms with Crippen LogP contribution in [0.4, 0.5) is 0 Å². The Hall–Kier alpha value is -0.790. The number of guanidine groups is 1. The van der Waals surface area contributed by atoms with E-state index >= 15 is 0 Å². The zero-order valence-electron chi connectivity index (χ0n) is 12.0. The van der Waals surface area contributed by atoms with Crippen LogP contribution in [0.25, 0.3) is 0 Å². The van der Waals surface area contributed by atoms with E-state index in [4.69, 9.17) is 0 Å². The maximum Gasteiger partial charge on any atom is 0.193 e. The molecular weight excluding hydrogens is 353 g/mol. The molecule has 19 heavy (non-hydrogen) atoms. The zero-order valence-corrected chi connectivity index (χ0v) is 14.3. The molecule has 1 aromatic rings. The van der Waals surface area contributed by atoms with Crippen LogP contribution in [-0.4, -0.2) is 40.8 Å². The molecule has 1 fully saturated rings. The highest BCUT2D eigenvalue weighted by molar-refractivity contribution is 14.0. The summed E-state index contributed by atoms with van der Waals surface area (Å²) in [4.78, 5) is 6.73. The van der Waals surface area contributed by atoms with Gasteiger partial charge in [0.05, 0.1) is 12.2 Å². The van der Waals surface area contributed by atoms with Crippen molar-refractivity contribution in [2.45, 2.75) is 26.3 Å². The van der Waals surface area contributed by atoms with E-state index in [1.54, 1.807) is 0 Å². The van der Waals surface area contributed by atoms with E-state index in [2.05, 4.69) is 27.2 Å². The van der Waals surface area contributed by atoms with E-state index in [1.165, 1.54) is 18.5 Å². The Morgan fingerprint density at radius 2 is 2.37 bits per heavy atom. The third-order valence-corrected chi connectivity index (χ3v) is 3.52. The Morgan fingerprint density at radius 3 is 2.95 bits per heavy atom. The van der Waals surface area contributed by atoms with Crippen LogP contribution in [-0.2, 0) is 13.6 Å². The van der Waals surface area contributed by atoms with Gasteiger partial charge in [-0.1, -0.05) is 6.92 Å². The molecule has 0 aliphatic carbocycles. The number of aliphatic imine (C=N–C) groups is 1. The number of hydrogen-bond acceptors (Lipinski definition) is 2. The normalized spacial score (nSPS) is 20.1. The van der Waals surface area contributed by atoms with Crippen molar-refractivity contribution in [1.29, 1.82) is 0 Å². The van der Waals surface area contributed by atoms with Crippen molar-refractivity contribution < 1.29 is 0 Å². The molecule has 1 aliphatic rings. The summed E-state index contributed by atoms with van der Waals surface area (Å²) in [5.41, 5.74) is 1.17. The lowest BCUT2D eigenvalue weighted by Crippen LogP contribution is -2.46. The molecule has 1 atom stereocenters. The van der Waals surface area contributed by atoms with E-state index in [-0.39, 0.29) is 24.0 Å². The Morgan fingerprint density at radius 1 is 1.58 bits per heavy atom. The standard InChI is InChI=1S/C13H23N5.HI/c1-11-5-4-8-18(10-11)13(14-2)15-9-12-6-7-16-17(12)3;/h6-7,11H,4-5,8-10H2,1-3H3,(H,14,15);1H. The summed E-state index contributed by atoms with van der Waals surface area (Å²) >= 11 is 0. The van der Waals surface area contributed by atoms with Gasteiger partial charge in [0, 0.05) is 33.4 Å². The number of halogens is 1. The summed E-state index contributed by atoms with van der Waals surface area (Å²) in [6.07, 6.45) is 4.41. The topological polar surface area (TPSA) is 45.5 Å². The molecule has 0 saturated carbocycles. The molecule has 1 aromatic heterocycles. The molecule has 0 amide bonds. The first-order valence-electron chi connectivity index (χ1n) is 6.63. The Labute approximate surface area is 132 Å². The quantitative estimate of drug-likeness (QED) is 0.486. The highest BCUT2D eigenvalue weighted by atomic mass is 127. The van der Waals surface area contributed by atoms with Gasteiger partial charge in [0.1, 0.15) is 0 Å². The Balaban J connectivity index is 0.00000180. The summed E-state index contributed by atoms with van der Waals surface area (Å²) < 4.78 is 1.89. The van der Waals surface area contributed by atoms with Crippen LogP contribution < -0.4 is 5.32 Å². The highest BCUT2D eigenvalue weighted by Crippen LogP contribution is 2.15. The summed E-state index contributed by atoms with van der Waals surface area (Å²) in [6, 6.07) is 2.03. The number of nitrogens with zero attached hydrogens (tertiary/aromatic N) is 4. The summed E-state index contributed by atoms with van der Waals surface area (Å²) in [5, 5.41) is 7.59. The molecule has 1 N–H and O–H groups in total. The van der Waals surface area contributed by atoms with Crippen LogP contribution >= 0.6 is 24.0 Å². The van der Waals surface area contributed by atoms with Crippen LogP contribution in [0, 0.1) is 5.92 Å². The molecule has 0 aromatic carbocycles. The summed E-state index contributed by atoms with van der Waals surface area (Å²) in [6.45, 7) is 5.29. The molecular formula is C13H24IN5. The van der Waals surface area contributed by atoms with Crippen LogP contribution in [0.3, 0.4) is 0 Å². The first-order valence-corrected chi connectivity index (χ1v) is 6.63. The van der Waals surface area contributed by atoms with Crippen molar-refractivity contribution in [3.63, 3.8) is 0 Å². The van der Waals surface area contributed by atoms with Crippen molar-refractivity contribution >= 4 is 29.9 Å².